The van der Waals surface area contributed by atoms with Gasteiger partial charge in [0.1, 0.15) is 18.6 Å². The number of thioether (sulfide) groups is 1. The van der Waals surface area contributed by atoms with Gasteiger partial charge in [0.2, 0.25) is 17.7 Å². The van der Waals surface area contributed by atoms with Gasteiger partial charge in [0.25, 0.3) is 0 Å². The summed E-state index contributed by atoms with van der Waals surface area (Å²) in [6.07, 6.45) is 2.23. The van der Waals surface area contributed by atoms with Crippen LogP contribution in [-0.2, 0) is 19.2 Å². The standard InChI is InChI=1S/C15H28N4O5S2/c1-8(2)12(15(24)17-6-11(20)21)19-14(23)10(4-5-26-3)18-13(22)9(16)7-25/h8-10,12,25H,4-7,16H2,1-3H3,(H,17,24)(H,18,22)(H,19,23)(H,20,21). The van der Waals surface area contributed by atoms with Crippen molar-refractivity contribution in [3.8, 4) is 0 Å². The van der Waals surface area contributed by atoms with Crippen LogP contribution in [0, 0.1) is 5.92 Å². The van der Waals surface area contributed by atoms with E-state index in [1.54, 1.807) is 13.8 Å². The quantitative estimate of drug-likeness (QED) is 0.223. The summed E-state index contributed by atoms with van der Waals surface area (Å²) in [5.41, 5.74) is 5.61. The first-order chi connectivity index (χ1) is 12.1. The molecule has 26 heavy (non-hydrogen) atoms. The summed E-state index contributed by atoms with van der Waals surface area (Å²) in [6.45, 7) is 2.90. The first-order valence-corrected chi connectivity index (χ1v) is 10.1. The van der Waals surface area contributed by atoms with Crippen molar-refractivity contribution in [2.45, 2.75) is 38.4 Å². The van der Waals surface area contributed by atoms with Crippen molar-refractivity contribution >= 4 is 48.1 Å². The van der Waals surface area contributed by atoms with Gasteiger partial charge in [-0.3, -0.25) is 19.2 Å². The van der Waals surface area contributed by atoms with Crippen molar-refractivity contribution in [3.63, 3.8) is 0 Å². The number of carbonyl (C=O) groups is 4. The zero-order valence-corrected chi connectivity index (χ0v) is 16.9. The average Bonchev–Trinajstić information content (AvgIpc) is 2.59. The smallest absolute Gasteiger partial charge is 0.322 e. The van der Waals surface area contributed by atoms with Crippen LogP contribution in [0.1, 0.15) is 20.3 Å². The van der Waals surface area contributed by atoms with Gasteiger partial charge in [-0.15, -0.1) is 0 Å². The molecular formula is C15H28N4O5S2. The normalized spacial score (nSPS) is 14.2. The van der Waals surface area contributed by atoms with Crippen LogP contribution >= 0.6 is 24.4 Å². The summed E-state index contributed by atoms with van der Waals surface area (Å²) >= 11 is 5.47. The molecule has 0 saturated heterocycles. The highest BCUT2D eigenvalue weighted by Gasteiger charge is 2.29. The highest BCUT2D eigenvalue weighted by Crippen LogP contribution is 2.06. The molecule has 0 aliphatic heterocycles. The van der Waals surface area contributed by atoms with Crippen LogP contribution in [0.15, 0.2) is 0 Å². The first kappa shape index (κ1) is 24.5. The molecule has 11 heteroatoms. The molecule has 0 spiro atoms. The molecule has 0 fully saturated rings. The zero-order chi connectivity index (χ0) is 20.3. The fourth-order valence-corrected chi connectivity index (χ4v) is 2.56. The maximum Gasteiger partial charge on any atom is 0.322 e. The number of hydrogen-bond acceptors (Lipinski definition) is 7. The van der Waals surface area contributed by atoms with E-state index in [0.29, 0.717) is 12.2 Å². The number of nitrogens with one attached hydrogen (secondary N) is 3. The van der Waals surface area contributed by atoms with Gasteiger partial charge in [-0.1, -0.05) is 13.8 Å². The van der Waals surface area contributed by atoms with Crippen molar-refractivity contribution in [1.82, 2.24) is 16.0 Å². The molecule has 0 bridgehead atoms. The van der Waals surface area contributed by atoms with Gasteiger partial charge in [0.15, 0.2) is 0 Å². The van der Waals surface area contributed by atoms with Gasteiger partial charge < -0.3 is 26.8 Å². The van der Waals surface area contributed by atoms with Gasteiger partial charge in [0, 0.05) is 5.75 Å². The molecule has 0 rings (SSSR count). The molecule has 3 atom stereocenters. The maximum absolute atomic E-state index is 12.6. The van der Waals surface area contributed by atoms with Crippen LogP contribution in [-0.4, -0.2) is 71.2 Å². The van der Waals surface area contributed by atoms with E-state index in [1.165, 1.54) is 11.8 Å². The lowest BCUT2D eigenvalue weighted by Crippen LogP contribution is -2.57. The Bertz CT molecular complexity index is 504. The van der Waals surface area contributed by atoms with Crippen molar-refractivity contribution in [2.75, 3.05) is 24.3 Å². The number of aliphatic carboxylic acids is 1. The molecule has 0 radical (unpaired) electrons. The monoisotopic (exact) mass is 408 g/mol. The van der Waals surface area contributed by atoms with Gasteiger partial charge >= 0.3 is 5.97 Å². The van der Waals surface area contributed by atoms with E-state index in [4.69, 9.17) is 10.8 Å². The third-order valence-corrected chi connectivity index (χ3v) is 4.48. The van der Waals surface area contributed by atoms with Crippen molar-refractivity contribution in [2.24, 2.45) is 11.7 Å². The van der Waals surface area contributed by atoms with Crippen molar-refractivity contribution in [1.29, 1.82) is 0 Å². The fraction of sp³-hybridized carbons (Fsp3) is 0.733. The second-order valence-corrected chi connectivity index (χ2v) is 7.32. The molecule has 0 aromatic rings. The van der Waals surface area contributed by atoms with Gasteiger partial charge in [0.05, 0.1) is 6.04 Å². The predicted molar refractivity (Wildman–Crippen MR) is 104 cm³/mol. The van der Waals surface area contributed by atoms with Gasteiger partial charge in [-0.05, 0) is 24.3 Å². The lowest BCUT2D eigenvalue weighted by molar-refractivity contribution is -0.139. The second kappa shape index (κ2) is 12.8. The minimum Gasteiger partial charge on any atom is -0.480 e. The molecule has 0 saturated carbocycles. The molecular weight excluding hydrogens is 380 g/mol. The molecule has 9 nitrogen and oxygen atoms in total. The SMILES string of the molecule is CSCCC(NC(=O)C(N)CS)C(=O)NC(C(=O)NCC(=O)O)C(C)C. The third kappa shape index (κ3) is 9.30. The Morgan fingerprint density at radius 3 is 2.19 bits per heavy atom. The largest absolute Gasteiger partial charge is 0.480 e. The van der Waals surface area contributed by atoms with E-state index in [9.17, 15) is 19.2 Å². The number of carboxylic acid groups (broad SMARTS) is 1. The number of nitrogens with two attached hydrogens (primary N) is 1. The summed E-state index contributed by atoms with van der Waals surface area (Å²) in [4.78, 5) is 47.2. The highest BCUT2D eigenvalue weighted by atomic mass is 32.2. The minimum absolute atomic E-state index is 0.134. The Morgan fingerprint density at radius 2 is 1.73 bits per heavy atom. The molecule has 3 unspecified atom stereocenters. The van der Waals surface area contributed by atoms with Crippen LogP contribution in [0.4, 0.5) is 0 Å². The van der Waals surface area contributed by atoms with Crippen LogP contribution in [0.5, 0.6) is 0 Å². The number of carboxylic acids is 1. The molecule has 3 amide bonds. The Balaban J connectivity index is 5.06. The van der Waals surface area contributed by atoms with Crippen molar-refractivity contribution < 1.29 is 24.3 Å². The van der Waals surface area contributed by atoms with E-state index in [0.717, 1.165) is 0 Å². The summed E-state index contributed by atoms with van der Waals surface area (Å²) in [7, 11) is 0. The summed E-state index contributed by atoms with van der Waals surface area (Å²) in [6, 6.07) is -2.62. The maximum atomic E-state index is 12.6. The average molecular weight is 409 g/mol. The van der Waals surface area contributed by atoms with Crippen molar-refractivity contribution in [3.05, 3.63) is 0 Å². The topological polar surface area (TPSA) is 151 Å². The molecule has 0 aliphatic rings. The Kier molecular flexibility index (Phi) is 12.1. The lowest BCUT2D eigenvalue weighted by atomic mass is 10.0. The van der Waals surface area contributed by atoms with Gasteiger partial charge in [-0.25, -0.2) is 0 Å². The fourth-order valence-electron chi connectivity index (χ4n) is 1.93. The van der Waals surface area contributed by atoms with Gasteiger partial charge in [-0.2, -0.15) is 24.4 Å². The van der Waals surface area contributed by atoms with Crippen LogP contribution in [0.3, 0.4) is 0 Å². The molecule has 150 valence electrons. The minimum atomic E-state index is -1.18. The highest BCUT2D eigenvalue weighted by molar-refractivity contribution is 7.98. The second-order valence-electron chi connectivity index (χ2n) is 5.97. The molecule has 0 heterocycles. The van der Waals surface area contributed by atoms with E-state index in [1.807, 2.05) is 6.26 Å². The van der Waals surface area contributed by atoms with E-state index < -0.39 is 48.4 Å². The number of carbonyl (C=O) groups excluding carboxylic acids is 3. The molecule has 6 N–H and O–H groups in total. The summed E-state index contributed by atoms with van der Waals surface area (Å²) < 4.78 is 0. The Hall–Kier alpha value is -1.46. The van der Waals surface area contributed by atoms with Crippen LogP contribution in [0.2, 0.25) is 0 Å². The number of thiol groups is 1. The zero-order valence-electron chi connectivity index (χ0n) is 15.2. The Morgan fingerprint density at radius 1 is 1.12 bits per heavy atom. The molecule has 0 aliphatic carbocycles. The molecule has 0 aromatic heterocycles. The van der Waals surface area contributed by atoms with E-state index in [2.05, 4.69) is 28.6 Å². The van der Waals surface area contributed by atoms with E-state index in [-0.39, 0.29) is 11.7 Å². The van der Waals surface area contributed by atoms with E-state index >= 15 is 0 Å². The summed E-state index contributed by atoms with van der Waals surface area (Å²) in [5, 5.41) is 16.1. The number of amides is 3. The Labute approximate surface area is 163 Å². The predicted octanol–water partition coefficient (Wildman–Crippen LogP) is -1.18. The van der Waals surface area contributed by atoms with Crippen LogP contribution in [0.25, 0.3) is 0 Å². The van der Waals surface area contributed by atoms with Crippen LogP contribution < -0.4 is 21.7 Å². The lowest BCUT2D eigenvalue weighted by Gasteiger charge is -2.25. The third-order valence-electron chi connectivity index (χ3n) is 3.44. The number of rotatable bonds is 12. The molecule has 0 aromatic carbocycles. The number of hydrogen-bond donors (Lipinski definition) is 6. The summed E-state index contributed by atoms with van der Waals surface area (Å²) in [5.74, 6) is -2.33. The first-order valence-electron chi connectivity index (χ1n) is 8.09.